The zero-order chi connectivity index (χ0) is 11.6. The van der Waals surface area contributed by atoms with Gasteiger partial charge in [0.05, 0.1) is 6.04 Å². The molecule has 1 aromatic rings. The van der Waals surface area contributed by atoms with Gasteiger partial charge in [-0.15, -0.1) is 23.5 Å². The molecule has 1 aromatic carbocycles. The fourth-order valence-corrected chi connectivity index (χ4v) is 4.81. The largest absolute Gasteiger partial charge is 0.368 e. The Labute approximate surface area is 103 Å². The van der Waals surface area contributed by atoms with Crippen LogP contribution < -0.4 is 11.5 Å². The minimum absolute atomic E-state index is 0.323. The summed E-state index contributed by atoms with van der Waals surface area (Å²) in [4.78, 5) is 11.6. The van der Waals surface area contributed by atoms with Gasteiger partial charge >= 0.3 is 0 Å². The summed E-state index contributed by atoms with van der Waals surface area (Å²) in [5.74, 6) is 1.53. The first-order valence-corrected chi connectivity index (χ1v) is 7.02. The molecule has 2 rings (SSSR count). The van der Waals surface area contributed by atoms with E-state index in [1.54, 1.807) is 23.5 Å². The molecule has 1 atom stereocenters. The van der Waals surface area contributed by atoms with E-state index in [0.29, 0.717) is 0 Å². The highest BCUT2D eigenvalue weighted by atomic mass is 32.2. The Kier molecular flexibility index (Phi) is 3.47. The third-order valence-corrected chi connectivity index (χ3v) is 6.18. The van der Waals surface area contributed by atoms with Crippen molar-refractivity contribution in [1.29, 1.82) is 0 Å². The van der Waals surface area contributed by atoms with Crippen molar-refractivity contribution >= 4 is 29.4 Å². The quantitative estimate of drug-likeness (QED) is 0.854. The second-order valence-electron chi connectivity index (χ2n) is 3.62. The normalized spacial score (nSPS) is 20.6. The summed E-state index contributed by atoms with van der Waals surface area (Å²) in [6.07, 6.45) is 0. The Bertz CT molecular complexity index is 377. The fraction of sp³-hybridized carbons (Fsp3) is 0.364. The topological polar surface area (TPSA) is 69.1 Å². The number of carbonyl (C=O) groups is 1. The number of amides is 1. The maximum absolute atomic E-state index is 11.6. The minimum atomic E-state index is -0.693. The van der Waals surface area contributed by atoms with Crippen LogP contribution in [0.4, 0.5) is 0 Å². The van der Waals surface area contributed by atoms with Crippen molar-refractivity contribution in [3.63, 3.8) is 0 Å². The monoisotopic (exact) mass is 254 g/mol. The lowest BCUT2D eigenvalue weighted by molar-refractivity contribution is -0.118. The van der Waals surface area contributed by atoms with Crippen LogP contribution in [-0.2, 0) is 4.79 Å². The van der Waals surface area contributed by atoms with E-state index in [2.05, 4.69) is 0 Å². The molecular weight excluding hydrogens is 240 g/mol. The van der Waals surface area contributed by atoms with Crippen LogP contribution in [0.25, 0.3) is 0 Å². The van der Waals surface area contributed by atoms with E-state index in [4.69, 9.17) is 11.5 Å². The molecule has 1 aliphatic heterocycles. The lowest BCUT2D eigenvalue weighted by Crippen LogP contribution is -2.45. The van der Waals surface area contributed by atoms with Gasteiger partial charge in [-0.05, 0) is 5.56 Å². The molecule has 1 aliphatic rings. The lowest BCUT2D eigenvalue weighted by atomic mass is 10.0. The van der Waals surface area contributed by atoms with Crippen LogP contribution in [0.15, 0.2) is 30.3 Å². The van der Waals surface area contributed by atoms with Gasteiger partial charge in [0, 0.05) is 11.5 Å². The first kappa shape index (κ1) is 11.8. The van der Waals surface area contributed by atoms with Crippen molar-refractivity contribution in [1.82, 2.24) is 0 Å². The van der Waals surface area contributed by atoms with Crippen molar-refractivity contribution in [3.8, 4) is 0 Å². The van der Waals surface area contributed by atoms with Crippen LogP contribution in [0.2, 0.25) is 0 Å². The summed E-state index contributed by atoms with van der Waals surface area (Å²) >= 11 is 3.13. The highest BCUT2D eigenvalue weighted by Gasteiger charge is 2.47. The van der Waals surface area contributed by atoms with E-state index in [1.165, 1.54) is 0 Å². The van der Waals surface area contributed by atoms with Crippen LogP contribution in [0.1, 0.15) is 11.6 Å². The number of nitrogens with two attached hydrogens (primary N) is 2. The maximum atomic E-state index is 11.6. The molecule has 1 unspecified atom stereocenters. The first-order valence-electron chi connectivity index (χ1n) is 5.05. The summed E-state index contributed by atoms with van der Waals surface area (Å²) in [6.45, 7) is 0. The van der Waals surface area contributed by atoms with Crippen molar-refractivity contribution in [2.75, 3.05) is 11.5 Å². The number of benzene rings is 1. The van der Waals surface area contributed by atoms with Crippen molar-refractivity contribution in [2.45, 2.75) is 10.1 Å². The Hall–Kier alpha value is -0.650. The average molecular weight is 254 g/mol. The van der Waals surface area contributed by atoms with E-state index in [-0.39, 0.29) is 11.9 Å². The summed E-state index contributed by atoms with van der Waals surface area (Å²) < 4.78 is -0.693. The summed E-state index contributed by atoms with van der Waals surface area (Å²) in [5.41, 5.74) is 12.7. The van der Waals surface area contributed by atoms with E-state index < -0.39 is 4.08 Å². The van der Waals surface area contributed by atoms with Gasteiger partial charge in [-0.25, -0.2) is 0 Å². The summed E-state index contributed by atoms with van der Waals surface area (Å²) in [6, 6.07) is 9.32. The molecule has 0 aromatic heterocycles. The second-order valence-corrected chi connectivity index (χ2v) is 6.56. The van der Waals surface area contributed by atoms with E-state index >= 15 is 0 Å². The molecule has 16 heavy (non-hydrogen) atoms. The third kappa shape index (κ3) is 1.95. The van der Waals surface area contributed by atoms with Crippen LogP contribution >= 0.6 is 23.5 Å². The molecule has 1 amide bonds. The van der Waals surface area contributed by atoms with Crippen LogP contribution in [-0.4, -0.2) is 21.5 Å². The van der Waals surface area contributed by atoms with Crippen molar-refractivity contribution in [2.24, 2.45) is 11.5 Å². The predicted molar refractivity (Wildman–Crippen MR) is 70.2 cm³/mol. The van der Waals surface area contributed by atoms with Crippen LogP contribution in [0, 0.1) is 0 Å². The number of hydrogen-bond acceptors (Lipinski definition) is 4. The smallest absolute Gasteiger partial charge is 0.245 e. The molecule has 1 fully saturated rings. The minimum Gasteiger partial charge on any atom is -0.368 e. The van der Waals surface area contributed by atoms with E-state index in [1.807, 2.05) is 30.3 Å². The molecule has 0 radical (unpaired) electrons. The molecule has 86 valence electrons. The van der Waals surface area contributed by atoms with Crippen LogP contribution in [0.5, 0.6) is 0 Å². The molecule has 0 saturated carbocycles. The number of rotatable bonds is 3. The van der Waals surface area contributed by atoms with Gasteiger partial charge in [0.15, 0.2) is 4.08 Å². The second kappa shape index (κ2) is 4.69. The molecule has 0 spiro atoms. The molecule has 4 N–H and O–H groups in total. The molecular formula is C11H14N2OS2. The summed E-state index contributed by atoms with van der Waals surface area (Å²) in [5, 5.41) is 0. The van der Waals surface area contributed by atoms with Crippen molar-refractivity contribution < 1.29 is 4.79 Å². The van der Waals surface area contributed by atoms with Crippen molar-refractivity contribution in [3.05, 3.63) is 35.9 Å². The van der Waals surface area contributed by atoms with Gasteiger partial charge in [-0.1, -0.05) is 30.3 Å². The molecule has 0 aliphatic carbocycles. The van der Waals surface area contributed by atoms with E-state index in [9.17, 15) is 4.79 Å². The zero-order valence-corrected chi connectivity index (χ0v) is 10.4. The Morgan fingerprint density at radius 2 is 1.81 bits per heavy atom. The highest BCUT2D eigenvalue weighted by molar-refractivity contribution is 8.22. The van der Waals surface area contributed by atoms with Gasteiger partial charge in [-0.2, -0.15) is 0 Å². The number of primary amides is 1. The Balaban J connectivity index is 2.31. The third-order valence-electron chi connectivity index (χ3n) is 2.63. The maximum Gasteiger partial charge on any atom is 0.245 e. The first-order chi connectivity index (χ1) is 7.67. The highest BCUT2D eigenvalue weighted by Crippen LogP contribution is 2.50. The lowest BCUT2D eigenvalue weighted by Gasteiger charge is -2.30. The Morgan fingerprint density at radius 3 is 2.31 bits per heavy atom. The SMILES string of the molecule is NC(=O)C1(C(N)c2ccccc2)SCCS1. The number of thioether (sulfide) groups is 2. The van der Waals surface area contributed by atoms with Gasteiger partial charge in [0.2, 0.25) is 5.91 Å². The number of carbonyl (C=O) groups excluding carboxylic acids is 1. The standard InChI is InChI=1S/C11H14N2OS2/c12-9(8-4-2-1-3-5-8)11(10(13)14)15-6-7-16-11/h1-5,9H,6-7,12H2,(H2,13,14). The van der Waals surface area contributed by atoms with Gasteiger partial charge in [0.25, 0.3) is 0 Å². The van der Waals surface area contributed by atoms with E-state index in [0.717, 1.165) is 17.1 Å². The zero-order valence-electron chi connectivity index (χ0n) is 8.76. The molecule has 0 bridgehead atoms. The molecule has 1 saturated heterocycles. The molecule has 5 heteroatoms. The molecule has 1 heterocycles. The average Bonchev–Trinajstić information content (AvgIpc) is 2.79. The van der Waals surface area contributed by atoms with Gasteiger partial charge in [0.1, 0.15) is 0 Å². The summed E-state index contributed by atoms with van der Waals surface area (Å²) in [7, 11) is 0. The number of hydrogen-bond donors (Lipinski definition) is 2. The van der Waals surface area contributed by atoms with Gasteiger partial charge in [-0.3, -0.25) is 4.79 Å². The Morgan fingerprint density at radius 1 is 1.25 bits per heavy atom. The fourth-order valence-electron chi connectivity index (χ4n) is 1.78. The van der Waals surface area contributed by atoms with Crippen LogP contribution in [0.3, 0.4) is 0 Å². The molecule has 3 nitrogen and oxygen atoms in total. The van der Waals surface area contributed by atoms with Gasteiger partial charge < -0.3 is 11.5 Å². The predicted octanol–water partition coefficient (Wildman–Crippen LogP) is 1.35.